The Morgan fingerprint density at radius 1 is 1.37 bits per heavy atom. The summed E-state index contributed by atoms with van der Waals surface area (Å²) in [5.74, 6) is 1.24. The molecule has 1 saturated heterocycles. The van der Waals surface area contributed by atoms with Crippen LogP contribution in [0.2, 0.25) is 5.02 Å². The molecule has 0 radical (unpaired) electrons. The third-order valence-corrected chi connectivity index (χ3v) is 3.97. The predicted molar refractivity (Wildman–Crippen MR) is 75.1 cm³/mol. The van der Waals surface area contributed by atoms with Gasteiger partial charge in [-0.3, -0.25) is 0 Å². The number of aliphatic hydroxyl groups is 1. The Morgan fingerprint density at radius 2 is 2.16 bits per heavy atom. The van der Waals surface area contributed by atoms with Crippen molar-refractivity contribution in [3.05, 3.63) is 22.7 Å². The molecule has 1 aromatic rings. The summed E-state index contributed by atoms with van der Waals surface area (Å²) in [5, 5.41) is 14.2. The van der Waals surface area contributed by atoms with Gasteiger partial charge in [0.1, 0.15) is 16.5 Å². The fraction of sp³-hybridized carbons (Fsp3) is 0.571. The average Bonchev–Trinajstić information content (AvgIpc) is 2.47. The van der Waals surface area contributed by atoms with Gasteiger partial charge in [0.05, 0.1) is 20.3 Å². The van der Waals surface area contributed by atoms with E-state index >= 15 is 0 Å². The van der Waals surface area contributed by atoms with E-state index < -0.39 is 6.10 Å². The minimum atomic E-state index is -0.578. The number of halogens is 1. The molecular formula is C14H20ClNO3. The maximum atomic E-state index is 10.5. The van der Waals surface area contributed by atoms with Crippen LogP contribution in [0.5, 0.6) is 11.5 Å². The number of hydrogen-bond acceptors (Lipinski definition) is 4. The van der Waals surface area contributed by atoms with Crippen molar-refractivity contribution in [1.82, 2.24) is 5.32 Å². The first kappa shape index (κ1) is 14.4. The van der Waals surface area contributed by atoms with Crippen LogP contribution in [0.15, 0.2) is 12.1 Å². The number of nitrogens with one attached hydrogen (secondary N) is 1. The van der Waals surface area contributed by atoms with E-state index in [-0.39, 0.29) is 5.92 Å². The fourth-order valence-corrected chi connectivity index (χ4v) is 2.88. The van der Waals surface area contributed by atoms with Gasteiger partial charge >= 0.3 is 0 Å². The summed E-state index contributed by atoms with van der Waals surface area (Å²) in [6, 6.07) is 3.59. The lowest BCUT2D eigenvalue weighted by Crippen LogP contribution is -2.33. The van der Waals surface area contributed by atoms with Gasteiger partial charge < -0.3 is 19.9 Å². The average molecular weight is 286 g/mol. The van der Waals surface area contributed by atoms with Crippen LogP contribution >= 0.6 is 11.6 Å². The molecule has 0 saturated carbocycles. The Balaban J connectivity index is 2.30. The van der Waals surface area contributed by atoms with Crippen molar-refractivity contribution in [1.29, 1.82) is 0 Å². The first-order valence-electron chi connectivity index (χ1n) is 6.48. The summed E-state index contributed by atoms with van der Waals surface area (Å²) in [5.41, 5.74) is 0.724. The predicted octanol–water partition coefficient (Wildman–Crippen LogP) is 2.39. The van der Waals surface area contributed by atoms with Gasteiger partial charge in [-0.1, -0.05) is 11.6 Å². The molecule has 5 heteroatoms. The molecule has 2 rings (SSSR count). The standard InChI is InChI=1S/C14H20ClNO3/c1-18-11-6-5-10(14(19-2)12(11)15)13(17)9-4-3-7-16-8-9/h5-6,9,13,16-17H,3-4,7-8H2,1-2H3. The largest absolute Gasteiger partial charge is 0.495 e. The van der Waals surface area contributed by atoms with Crippen molar-refractivity contribution >= 4 is 11.6 Å². The highest BCUT2D eigenvalue weighted by atomic mass is 35.5. The molecule has 2 N–H and O–H groups in total. The summed E-state index contributed by atoms with van der Waals surface area (Å²) in [4.78, 5) is 0. The van der Waals surface area contributed by atoms with E-state index in [9.17, 15) is 5.11 Å². The third-order valence-electron chi connectivity index (χ3n) is 3.62. The van der Waals surface area contributed by atoms with E-state index in [2.05, 4.69) is 5.32 Å². The van der Waals surface area contributed by atoms with Gasteiger partial charge in [0.2, 0.25) is 0 Å². The zero-order valence-corrected chi connectivity index (χ0v) is 12.0. The highest BCUT2D eigenvalue weighted by molar-refractivity contribution is 6.33. The maximum absolute atomic E-state index is 10.5. The monoisotopic (exact) mass is 285 g/mol. The number of hydrogen-bond donors (Lipinski definition) is 2. The molecular weight excluding hydrogens is 266 g/mol. The maximum Gasteiger partial charge on any atom is 0.147 e. The SMILES string of the molecule is COc1ccc(C(O)C2CCCNC2)c(OC)c1Cl. The molecule has 0 amide bonds. The van der Waals surface area contributed by atoms with Crippen molar-refractivity contribution in [2.75, 3.05) is 27.3 Å². The molecule has 1 heterocycles. The number of rotatable bonds is 4. The molecule has 1 fully saturated rings. The smallest absolute Gasteiger partial charge is 0.147 e. The zero-order valence-electron chi connectivity index (χ0n) is 11.3. The Bertz CT molecular complexity index is 433. The van der Waals surface area contributed by atoms with Crippen LogP contribution in [0, 0.1) is 5.92 Å². The van der Waals surface area contributed by atoms with Gasteiger partial charge in [-0.15, -0.1) is 0 Å². The Labute approximate surface area is 118 Å². The first-order chi connectivity index (χ1) is 9.19. The van der Waals surface area contributed by atoms with Crippen LogP contribution in [-0.4, -0.2) is 32.4 Å². The van der Waals surface area contributed by atoms with Crippen LogP contribution in [0.3, 0.4) is 0 Å². The van der Waals surface area contributed by atoms with Crippen LogP contribution in [0.1, 0.15) is 24.5 Å². The first-order valence-corrected chi connectivity index (χ1v) is 6.86. The van der Waals surface area contributed by atoms with Crippen LogP contribution in [0.25, 0.3) is 0 Å². The summed E-state index contributed by atoms with van der Waals surface area (Å²) < 4.78 is 10.5. The summed E-state index contributed by atoms with van der Waals surface area (Å²) in [6.07, 6.45) is 1.50. The molecule has 106 valence electrons. The molecule has 1 aliphatic rings. The highest BCUT2D eigenvalue weighted by Gasteiger charge is 2.27. The summed E-state index contributed by atoms with van der Waals surface area (Å²) in [6.45, 7) is 1.83. The molecule has 2 atom stereocenters. The van der Waals surface area contributed by atoms with Crippen LogP contribution < -0.4 is 14.8 Å². The van der Waals surface area contributed by atoms with Gasteiger partial charge in [0, 0.05) is 18.0 Å². The second kappa shape index (κ2) is 6.46. The van der Waals surface area contributed by atoms with Gasteiger partial charge in [-0.2, -0.15) is 0 Å². The van der Waals surface area contributed by atoms with Crippen LogP contribution in [0.4, 0.5) is 0 Å². The molecule has 0 bridgehead atoms. The number of methoxy groups -OCH3 is 2. The quantitative estimate of drug-likeness (QED) is 0.892. The van der Waals surface area contributed by atoms with Gasteiger partial charge in [-0.05, 0) is 31.5 Å². The van der Waals surface area contributed by atoms with Gasteiger partial charge in [0.25, 0.3) is 0 Å². The van der Waals surface area contributed by atoms with Crippen LogP contribution in [-0.2, 0) is 0 Å². The molecule has 1 aromatic carbocycles. The highest BCUT2D eigenvalue weighted by Crippen LogP contribution is 2.41. The van der Waals surface area contributed by atoms with E-state index in [1.165, 1.54) is 0 Å². The van der Waals surface area contributed by atoms with Crippen molar-refractivity contribution < 1.29 is 14.6 Å². The number of aliphatic hydroxyl groups excluding tert-OH is 1. The Morgan fingerprint density at radius 3 is 2.74 bits per heavy atom. The third kappa shape index (κ3) is 2.96. The molecule has 19 heavy (non-hydrogen) atoms. The normalized spacial score (nSPS) is 20.9. The molecule has 4 nitrogen and oxygen atoms in total. The number of piperidine rings is 1. The summed E-state index contributed by atoms with van der Waals surface area (Å²) >= 11 is 6.22. The topological polar surface area (TPSA) is 50.7 Å². The van der Waals surface area contributed by atoms with Crippen molar-refractivity contribution in [3.8, 4) is 11.5 Å². The molecule has 0 aromatic heterocycles. The van der Waals surface area contributed by atoms with Gasteiger partial charge in [-0.25, -0.2) is 0 Å². The number of ether oxygens (including phenoxy) is 2. The van der Waals surface area contributed by atoms with Crippen molar-refractivity contribution in [2.24, 2.45) is 5.92 Å². The molecule has 0 aliphatic carbocycles. The lowest BCUT2D eigenvalue weighted by molar-refractivity contribution is 0.0896. The number of benzene rings is 1. The van der Waals surface area contributed by atoms with Crippen molar-refractivity contribution in [2.45, 2.75) is 18.9 Å². The zero-order chi connectivity index (χ0) is 13.8. The van der Waals surface area contributed by atoms with E-state index in [0.29, 0.717) is 16.5 Å². The van der Waals surface area contributed by atoms with Crippen molar-refractivity contribution in [3.63, 3.8) is 0 Å². The van der Waals surface area contributed by atoms with Gasteiger partial charge in [0.15, 0.2) is 0 Å². The minimum absolute atomic E-state index is 0.187. The fourth-order valence-electron chi connectivity index (χ4n) is 2.55. The van der Waals surface area contributed by atoms with E-state index in [1.807, 2.05) is 6.07 Å². The molecule has 0 spiro atoms. The second-order valence-electron chi connectivity index (χ2n) is 4.76. The Hall–Kier alpha value is -0.970. The minimum Gasteiger partial charge on any atom is -0.495 e. The molecule has 1 aliphatic heterocycles. The van der Waals surface area contributed by atoms with E-state index in [4.69, 9.17) is 21.1 Å². The van der Waals surface area contributed by atoms with E-state index in [1.54, 1.807) is 20.3 Å². The Kier molecular flexibility index (Phi) is 4.91. The van der Waals surface area contributed by atoms with E-state index in [0.717, 1.165) is 31.5 Å². The lowest BCUT2D eigenvalue weighted by atomic mass is 9.89. The lowest BCUT2D eigenvalue weighted by Gasteiger charge is -2.28. The summed E-state index contributed by atoms with van der Waals surface area (Å²) in [7, 11) is 3.11. The molecule has 2 unspecified atom stereocenters. The second-order valence-corrected chi connectivity index (χ2v) is 5.13.